The van der Waals surface area contributed by atoms with Crippen molar-refractivity contribution >= 4 is 5.91 Å². The van der Waals surface area contributed by atoms with Gasteiger partial charge in [-0.15, -0.1) is 0 Å². The summed E-state index contributed by atoms with van der Waals surface area (Å²) in [5.41, 5.74) is 1.24. The van der Waals surface area contributed by atoms with Crippen molar-refractivity contribution in [2.75, 3.05) is 19.6 Å². The van der Waals surface area contributed by atoms with Gasteiger partial charge in [0.15, 0.2) is 0 Å². The lowest BCUT2D eigenvalue weighted by Gasteiger charge is -2.44. The van der Waals surface area contributed by atoms with Crippen LogP contribution in [0.25, 0.3) is 0 Å². The Morgan fingerprint density at radius 2 is 1.95 bits per heavy atom. The summed E-state index contributed by atoms with van der Waals surface area (Å²) in [6.45, 7) is 3.50. The van der Waals surface area contributed by atoms with Crippen molar-refractivity contribution in [3.05, 3.63) is 35.9 Å². The maximum atomic E-state index is 12.0. The maximum absolute atomic E-state index is 12.0. The lowest BCUT2D eigenvalue weighted by atomic mass is 9.84. The second-order valence-corrected chi connectivity index (χ2v) is 5.80. The van der Waals surface area contributed by atoms with Gasteiger partial charge in [-0.05, 0) is 43.8 Å². The Hall–Kier alpha value is -1.35. The fourth-order valence-corrected chi connectivity index (χ4v) is 3.31. The molecule has 3 heteroatoms. The quantitative estimate of drug-likeness (QED) is 0.893. The molecule has 0 spiro atoms. The number of nitrogens with one attached hydrogen (secondary N) is 1. The van der Waals surface area contributed by atoms with Crippen LogP contribution in [0.3, 0.4) is 0 Å². The van der Waals surface area contributed by atoms with E-state index in [2.05, 4.69) is 22.3 Å². The summed E-state index contributed by atoms with van der Waals surface area (Å²) in [4.78, 5) is 14.5. The highest BCUT2D eigenvalue weighted by Crippen LogP contribution is 2.27. The standard InChI is InChI=1S/C16H22N2O/c19-16(7-6-13-4-2-1-3-5-13)17-15-12-18-10-8-14(15)9-11-18/h1-5,14-15H,6-12H2,(H,17,19). The fraction of sp³-hybridized carbons (Fsp3) is 0.562. The SMILES string of the molecule is O=C(CCc1ccccc1)NC1CN2CCC1CC2. The Kier molecular flexibility index (Phi) is 3.83. The van der Waals surface area contributed by atoms with Gasteiger partial charge >= 0.3 is 0 Å². The molecule has 2 bridgehead atoms. The fourth-order valence-electron chi connectivity index (χ4n) is 3.31. The van der Waals surface area contributed by atoms with Crippen LogP contribution < -0.4 is 5.32 Å². The Bertz CT molecular complexity index is 424. The van der Waals surface area contributed by atoms with Crippen LogP contribution in [0.5, 0.6) is 0 Å². The molecule has 3 aliphatic rings. The number of amides is 1. The number of nitrogens with zero attached hydrogens (tertiary/aromatic N) is 1. The number of rotatable bonds is 4. The first kappa shape index (κ1) is 12.7. The Balaban J connectivity index is 1.46. The molecular weight excluding hydrogens is 236 g/mol. The zero-order valence-corrected chi connectivity index (χ0v) is 11.3. The van der Waals surface area contributed by atoms with Crippen LogP contribution in [0.15, 0.2) is 30.3 Å². The molecule has 0 radical (unpaired) electrons. The van der Waals surface area contributed by atoms with E-state index in [0.29, 0.717) is 18.4 Å². The van der Waals surface area contributed by atoms with Crippen molar-refractivity contribution < 1.29 is 4.79 Å². The van der Waals surface area contributed by atoms with Gasteiger partial charge in [-0.1, -0.05) is 30.3 Å². The molecule has 3 heterocycles. The first-order valence-electron chi connectivity index (χ1n) is 7.37. The highest BCUT2D eigenvalue weighted by atomic mass is 16.1. The molecule has 4 rings (SSSR count). The first-order chi connectivity index (χ1) is 9.31. The average molecular weight is 258 g/mol. The molecule has 3 nitrogen and oxygen atoms in total. The first-order valence-corrected chi connectivity index (χ1v) is 7.37. The van der Waals surface area contributed by atoms with Crippen molar-refractivity contribution in [3.8, 4) is 0 Å². The molecule has 1 aromatic carbocycles. The number of hydrogen-bond donors (Lipinski definition) is 1. The molecule has 3 fully saturated rings. The van der Waals surface area contributed by atoms with E-state index in [4.69, 9.17) is 0 Å². The van der Waals surface area contributed by atoms with E-state index in [1.165, 1.54) is 31.5 Å². The summed E-state index contributed by atoms with van der Waals surface area (Å²) in [5.74, 6) is 0.924. The zero-order valence-electron chi connectivity index (χ0n) is 11.3. The van der Waals surface area contributed by atoms with Gasteiger partial charge in [-0.2, -0.15) is 0 Å². The lowest BCUT2D eigenvalue weighted by molar-refractivity contribution is -0.123. The maximum Gasteiger partial charge on any atom is 0.220 e. The summed E-state index contributed by atoms with van der Waals surface area (Å²) < 4.78 is 0. The van der Waals surface area contributed by atoms with Crippen molar-refractivity contribution in [2.24, 2.45) is 5.92 Å². The average Bonchev–Trinajstić information content (AvgIpc) is 2.47. The molecule has 0 saturated carbocycles. The number of fused-ring (bicyclic) bond motifs is 3. The summed E-state index contributed by atoms with van der Waals surface area (Å²) in [6, 6.07) is 10.6. The van der Waals surface area contributed by atoms with E-state index in [1.807, 2.05) is 18.2 Å². The van der Waals surface area contributed by atoms with Crippen LogP contribution in [0.1, 0.15) is 24.8 Å². The second kappa shape index (κ2) is 5.74. The van der Waals surface area contributed by atoms with Crippen molar-refractivity contribution in [1.29, 1.82) is 0 Å². The highest BCUT2D eigenvalue weighted by Gasteiger charge is 2.34. The van der Waals surface area contributed by atoms with Crippen molar-refractivity contribution in [3.63, 3.8) is 0 Å². The summed E-state index contributed by atoms with van der Waals surface area (Å²) in [6.07, 6.45) is 3.95. The van der Waals surface area contributed by atoms with E-state index in [0.717, 1.165) is 13.0 Å². The molecule has 3 saturated heterocycles. The van der Waals surface area contributed by atoms with Gasteiger partial charge in [0.2, 0.25) is 5.91 Å². The Morgan fingerprint density at radius 1 is 1.21 bits per heavy atom. The number of benzene rings is 1. The lowest BCUT2D eigenvalue weighted by Crippen LogP contribution is -2.57. The minimum absolute atomic E-state index is 0.211. The van der Waals surface area contributed by atoms with E-state index in [9.17, 15) is 4.79 Å². The Morgan fingerprint density at radius 3 is 2.58 bits per heavy atom. The molecule has 0 aliphatic carbocycles. The molecule has 1 N–H and O–H groups in total. The van der Waals surface area contributed by atoms with Gasteiger partial charge in [0.1, 0.15) is 0 Å². The van der Waals surface area contributed by atoms with E-state index in [-0.39, 0.29) is 5.91 Å². The topological polar surface area (TPSA) is 32.3 Å². The molecular formula is C16H22N2O. The molecule has 0 aromatic heterocycles. The van der Waals surface area contributed by atoms with Crippen LogP contribution >= 0.6 is 0 Å². The number of piperidine rings is 3. The number of carbonyl (C=O) groups excluding carboxylic acids is 1. The van der Waals surface area contributed by atoms with Gasteiger partial charge in [-0.25, -0.2) is 0 Å². The van der Waals surface area contributed by atoms with E-state index in [1.54, 1.807) is 0 Å². The van der Waals surface area contributed by atoms with Crippen LogP contribution in [0.4, 0.5) is 0 Å². The smallest absolute Gasteiger partial charge is 0.220 e. The number of hydrogen-bond acceptors (Lipinski definition) is 2. The van der Waals surface area contributed by atoms with Gasteiger partial charge in [0.25, 0.3) is 0 Å². The third-order valence-corrected chi connectivity index (χ3v) is 4.49. The van der Waals surface area contributed by atoms with Crippen LogP contribution in [0.2, 0.25) is 0 Å². The van der Waals surface area contributed by atoms with Crippen LogP contribution in [-0.2, 0) is 11.2 Å². The minimum Gasteiger partial charge on any atom is -0.352 e. The molecule has 102 valence electrons. The molecule has 1 unspecified atom stereocenters. The summed E-state index contributed by atoms with van der Waals surface area (Å²) in [5, 5.41) is 3.24. The predicted molar refractivity (Wildman–Crippen MR) is 75.9 cm³/mol. The Labute approximate surface area is 115 Å². The number of aryl methyl sites for hydroxylation is 1. The highest BCUT2D eigenvalue weighted by molar-refractivity contribution is 5.76. The van der Waals surface area contributed by atoms with Crippen LogP contribution in [0, 0.1) is 5.92 Å². The predicted octanol–water partition coefficient (Wildman–Crippen LogP) is 1.83. The summed E-state index contributed by atoms with van der Waals surface area (Å²) >= 11 is 0. The second-order valence-electron chi connectivity index (χ2n) is 5.80. The molecule has 19 heavy (non-hydrogen) atoms. The molecule has 1 amide bonds. The summed E-state index contributed by atoms with van der Waals surface area (Å²) in [7, 11) is 0. The van der Waals surface area contributed by atoms with E-state index < -0.39 is 0 Å². The molecule has 1 atom stereocenters. The van der Waals surface area contributed by atoms with Crippen molar-refractivity contribution in [2.45, 2.75) is 31.7 Å². The van der Waals surface area contributed by atoms with E-state index >= 15 is 0 Å². The van der Waals surface area contributed by atoms with Crippen LogP contribution in [-0.4, -0.2) is 36.5 Å². The normalized spacial score (nSPS) is 29.2. The number of carbonyl (C=O) groups is 1. The third kappa shape index (κ3) is 3.16. The molecule has 1 aromatic rings. The third-order valence-electron chi connectivity index (χ3n) is 4.49. The molecule has 3 aliphatic heterocycles. The van der Waals surface area contributed by atoms with Gasteiger partial charge in [0, 0.05) is 19.0 Å². The van der Waals surface area contributed by atoms with Crippen molar-refractivity contribution in [1.82, 2.24) is 10.2 Å². The zero-order chi connectivity index (χ0) is 13.1. The van der Waals surface area contributed by atoms with Gasteiger partial charge < -0.3 is 10.2 Å². The van der Waals surface area contributed by atoms with Gasteiger partial charge in [0.05, 0.1) is 0 Å². The largest absolute Gasteiger partial charge is 0.352 e. The monoisotopic (exact) mass is 258 g/mol. The van der Waals surface area contributed by atoms with Gasteiger partial charge in [-0.3, -0.25) is 4.79 Å². The minimum atomic E-state index is 0.211.